The number of rotatable bonds is 3. The van der Waals surface area contributed by atoms with Gasteiger partial charge in [-0.15, -0.1) is 0 Å². The lowest BCUT2D eigenvalue weighted by Crippen LogP contribution is -2.19. The van der Waals surface area contributed by atoms with E-state index in [1.54, 1.807) is 0 Å². The molecule has 0 N–H and O–H groups in total. The second kappa shape index (κ2) is 5.48. The molecule has 0 aromatic heterocycles. The van der Waals surface area contributed by atoms with Crippen LogP contribution >= 0.6 is 11.8 Å². The fraction of sp³-hybridized carbons (Fsp3) is 0.562. The first-order chi connectivity index (χ1) is 8.84. The number of hydrogen-bond donors (Lipinski definition) is 0. The number of benzene rings is 1. The van der Waals surface area contributed by atoms with Gasteiger partial charge in [-0.05, 0) is 54.9 Å². The zero-order valence-corrected chi connectivity index (χ0v) is 11.5. The Bertz CT molecular complexity index is 434. The molecule has 0 radical (unpaired) electrons. The van der Waals surface area contributed by atoms with Crippen molar-refractivity contribution in [2.45, 2.75) is 49.7 Å². The van der Waals surface area contributed by atoms with E-state index in [2.05, 4.69) is 24.3 Å². The van der Waals surface area contributed by atoms with Gasteiger partial charge in [0.15, 0.2) is 0 Å². The predicted molar refractivity (Wildman–Crippen MR) is 77.2 cm³/mol. The minimum atomic E-state index is 0.305. The zero-order chi connectivity index (χ0) is 12.4. The van der Waals surface area contributed by atoms with Gasteiger partial charge in [0.25, 0.3) is 0 Å². The van der Waals surface area contributed by atoms with Gasteiger partial charge in [-0.25, -0.2) is 0 Å². The highest BCUT2D eigenvalue weighted by molar-refractivity contribution is 8.00. The monoisotopic (exact) mass is 260 g/mol. The highest BCUT2D eigenvalue weighted by Gasteiger charge is 2.28. The van der Waals surface area contributed by atoms with Gasteiger partial charge < -0.3 is 0 Å². The second-order valence-electron chi connectivity index (χ2n) is 5.46. The Morgan fingerprint density at radius 2 is 2.11 bits per heavy atom. The average Bonchev–Trinajstić information content (AvgIpc) is 2.93. The molecule has 1 fully saturated rings. The molecular formula is C16H20OS. The summed E-state index contributed by atoms with van der Waals surface area (Å²) in [7, 11) is 0. The van der Waals surface area contributed by atoms with Crippen molar-refractivity contribution in [3.8, 4) is 0 Å². The van der Waals surface area contributed by atoms with E-state index in [1.165, 1.54) is 42.6 Å². The first kappa shape index (κ1) is 12.3. The minimum absolute atomic E-state index is 0.305. The number of aryl methyl sites for hydroxylation is 1. The summed E-state index contributed by atoms with van der Waals surface area (Å²) in [6, 6.07) is 8.70. The molecule has 2 aliphatic rings. The van der Waals surface area contributed by atoms with Crippen molar-refractivity contribution in [3.05, 3.63) is 35.4 Å². The first-order valence-corrected chi connectivity index (χ1v) is 8.11. The lowest BCUT2D eigenvalue weighted by Gasteiger charge is -2.25. The van der Waals surface area contributed by atoms with Crippen LogP contribution < -0.4 is 0 Å². The van der Waals surface area contributed by atoms with E-state index >= 15 is 0 Å². The molecule has 2 unspecified atom stereocenters. The maximum atomic E-state index is 12.3. The molecule has 1 aromatic rings. The van der Waals surface area contributed by atoms with E-state index in [-0.39, 0.29) is 0 Å². The van der Waals surface area contributed by atoms with Gasteiger partial charge in [0.2, 0.25) is 0 Å². The average molecular weight is 260 g/mol. The minimum Gasteiger partial charge on any atom is -0.298 e. The molecule has 0 saturated carbocycles. The Balaban J connectivity index is 1.72. The summed E-state index contributed by atoms with van der Waals surface area (Å²) in [5, 5.41) is 0.305. The lowest BCUT2D eigenvalue weighted by atomic mass is 9.80. The van der Waals surface area contributed by atoms with Crippen LogP contribution in [0.3, 0.4) is 0 Å². The molecule has 1 nitrogen and oxygen atoms in total. The fourth-order valence-electron chi connectivity index (χ4n) is 3.27. The van der Waals surface area contributed by atoms with E-state index in [1.807, 2.05) is 11.8 Å². The van der Waals surface area contributed by atoms with Crippen molar-refractivity contribution >= 4 is 17.5 Å². The third-order valence-electron chi connectivity index (χ3n) is 4.23. The van der Waals surface area contributed by atoms with Gasteiger partial charge in [-0.2, -0.15) is 11.8 Å². The Labute approximate surface area is 113 Å². The first-order valence-electron chi connectivity index (χ1n) is 7.07. The number of carbonyl (C=O) groups excluding carboxylic acids is 1. The zero-order valence-electron chi connectivity index (χ0n) is 10.7. The predicted octanol–water partition coefficient (Wildman–Crippen LogP) is 3.96. The molecular weight excluding hydrogens is 240 g/mol. The number of fused-ring (bicyclic) bond motifs is 1. The lowest BCUT2D eigenvalue weighted by molar-refractivity contribution is -0.119. The van der Waals surface area contributed by atoms with Crippen LogP contribution in [0.4, 0.5) is 0 Å². The second-order valence-corrected chi connectivity index (χ2v) is 6.77. The summed E-state index contributed by atoms with van der Waals surface area (Å²) < 4.78 is 0. The van der Waals surface area contributed by atoms with Crippen molar-refractivity contribution in [2.75, 3.05) is 5.75 Å². The maximum Gasteiger partial charge on any atom is 0.146 e. The summed E-state index contributed by atoms with van der Waals surface area (Å²) >= 11 is 1.87. The summed E-state index contributed by atoms with van der Waals surface area (Å²) in [6.45, 7) is 0. The van der Waals surface area contributed by atoms with Gasteiger partial charge >= 0.3 is 0 Å². The molecule has 0 bridgehead atoms. The molecule has 96 valence electrons. The van der Waals surface area contributed by atoms with E-state index in [9.17, 15) is 4.79 Å². The molecule has 2 heteroatoms. The molecule has 18 heavy (non-hydrogen) atoms. The summed E-state index contributed by atoms with van der Waals surface area (Å²) in [4.78, 5) is 12.3. The largest absolute Gasteiger partial charge is 0.298 e. The molecule has 1 saturated heterocycles. The molecule has 1 aliphatic heterocycles. The highest BCUT2D eigenvalue weighted by atomic mass is 32.2. The molecule has 2 atom stereocenters. The molecule has 1 aliphatic carbocycles. The van der Waals surface area contributed by atoms with E-state index < -0.39 is 0 Å². The van der Waals surface area contributed by atoms with Crippen molar-refractivity contribution < 1.29 is 4.79 Å². The molecule has 3 rings (SSSR count). The fourth-order valence-corrected chi connectivity index (χ4v) is 4.51. The van der Waals surface area contributed by atoms with Gasteiger partial charge in [0, 0.05) is 6.42 Å². The summed E-state index contributed by atoms with van der Waals surface area (Å²) in [5.41, 5.74) is 2.92. The van der Waals surface area contributed by atoms with Crippen LogP contribution in [-0.2, 0) is 11.2 Å². The Hall–Kier alpha value is -0.760. The van der Waals surface area contributed by atoms with E-state index in [0.29, 0.717) is 17.0 Å². The molecule has 0 amide bonds. The van der Waals surface area contributed by atoms with Crippen LogP contribution in [0, 0.1) is 0 Å². The summed E-state index contributed by atoms with van der Waals surface area (Å²) in [6.07, 6.45) is 6.74. The van der Waals surface area contributed by atoms with Crippen molar-refractivity contribution in [1.82, 2.24) is 0 Å². The van der Waals surface area contributed by atoms with Gasteiger partial charge in [-0.3, -0.25) is 4.79 Å². The Morgan fingerprint density at radius 1 is 1.22 bits per heavy atom. The van der Waals surface area contributed by atoms with Crippen LogP contribution in [-0.4, -0.2) is 16.8 Å². The summed E-state index contributed by atoms with van der Waals surface area (Å²) in [5.74, 6) is 2.17. The normalized spacial score (nSPS) is 26.9. The van der Waals surface area contributed by atoms with Gasteiger partial charge in [-0.1, -0.05) is 24.3 Å². The van der Waals surface area contributed by atoms with Crippen molar-refractivity contribution in [3.63, 3.8) is 0 Å². The number of Topliss-reactive ketones (excluding diaryl/α,β-unsaturated/α-hetero) is 1. The maximum absolute atomic E-state index is 12.3. The van der Waals surface area contributed by atoms with Crippen molar-refractivity contribution in [1.29, 1.82) is 0 Å². The SMILES string of the molecule is O=C(CC1CCCc2ccccc21)C1CCCS1. The van der Waals surface area contributed by atoms with Crippen LogP contribution in [0.25, 0.3) is 0 Å². The van der Waals surface area contributed by atoms with Crippen LogP contribution in [0.2, 0.25) is 0 Å². The molecule has 1 aromatic carbocycles. The smallest absolute Gasteiger partial charge is 0.146 e. The quantitative estimate of drug-likeness (QED) is 0.818. The van der Waals surface area contributed by atoms with Crippen LogP contribution in [0.1, 0.15) is 49.1 Å². The number of thioether (sulfide) groups is 1. The number of hydrogen-bond acceptors (Lipinski definition) is 2. The van der Waals surface area contributed by atoms with E-state index in [4.69, 9.17) is 0 Å². The molecule has 1 heterocycles. The number of carbonyl (C=O) groups is 1. The van der Waals surface area contributed by atoms with Crippen LogP contribution in [0.15, 0.2) is 24.3 Å². The Morgan fingerprint density at radius 3 is 2.94 bits per heavy atom. The van der Waals surface area contributed by atoms with E-state index in [0.717, 1.165) is 12.8 Å². The highest BCUT2D eigenvalue weighted by Crippen LogP contribution is 2.36. The topological polar surface area (TPSA) is 17.1 Å². The Kier molecular flexibility index (Phi) is 3.74. The van der Waals surface area contributed by atoms with Gasteiger partial charge in [0.05, 0.1) is 5.25 Å². The number of ketones is 1. The third kappa shape index (κ3) is 2.49. The van der Waals surface area contributed by atoms with Crippen molar-refractivity contribution in [2.24, 2.45) is 0 Å². The van der Waals surface area contributed by atoms with Crippen LogP contribution in [0.5, 0.6) is 0 Å². The third-order valence-corrected chi connectivity index (χ3v) is 5.66. The van der Waals surface area contributed by atoms with Gasteiger partial charge in [0.1, 0.15) is 5.78 Å². The molecule has 0 spiro atoms. The standard InChI is InChI=1S/C16H20OS/c17-15(16-9-4-10-18-16)11-13-7-3-6-12-5-1-2-8-14(12)13/h1-2,5,8,13,16H,3-4,6-7,9-11H2.